The molecule has 4 nitrogen and oxygen atoms in total. The maximum Gasteiger partial charge on any atom is 0.363 e. The second-order valence-electron chi connectivity index (χ2n) is 6.19. The summed E-state index contributed by atoms with van der Waals surface area (Å²) in [4.78, 5) is 16.5. The van der Waals surface area contributed by atoms with Gasteiger partial charge in [-0.15, -0.1) is 0 Å². The van der Waals surface area contributed by atoms with Gasteiger partial charge in [-0.3, -0.25) is 0 Å². The second-order valence-corrected chi connectivity index (χ2v) is 7.11. The summed E-state index contributed by atoms with van der Waals surface area (Å²) in [5, 5.41) is 0. The number of carbonyl (C=O) groups excluding carboxylic acids is 1. The second kappa shape index (κ2) is 8.23. The van der Waals surface area contributed by atoms with Crippen LogP contribution in [0.5, 0.6) is 5.75 Å². The summed E-state index contributed by atoms with van der Waals surface area (Å²) in [7, 11) is 0. The molecule has 1 heterocycles. The third kappa shape index (κ3) is 4.38. The summed E-state index contributed by atoms with van der Waals surface area (Å²) in [6.45, 7) is 0.480. The van der Waals surface area contributed by atoms with Crippen molar-refractivity contribution in [2.75, 3.05) is 0 Å². The summed E-state index contributed by atoms with van der Waals surface area (Å²) in [5.41, 5.74) is 2.91. The minimum atomic E-state index is -0.467. The molecule has 1 aliphatic heterocycles. The lowest BCUT2D eigenvalue weighted by Crippen LogP contribution is -2.05. The zero-order valence-electron chi connectivity index (χ0n) is 14.8. The molecule has 0 amide bonds. The third-order valence-corrected chi connectivity index (χ3v) is 4.60. The van der Waals surface area contributed by atoms with Crippen molar-refractivity contribution in [2.45, 2.75) is 6.61 Å². The lowest BCUT2D eigenvalue weighted by atomic mass is 10.2. The quantitative estimate of drug-likeness (QED) is 0.401. The number of rotatable bonds is 5. The van der Waals surface area contributed by atoms with Crippen LogP contribution < -0.4 is 4.74 Å². The number of esters is 1. The van der Waals surface area contributed by atoms with Gasteiger partial charge in [0.05, 0.1) is 0 Å². The zero-order valence-corrected chi connectivity index (χ0v) is 16.4. The van der Waals surface area contributed by atoms with Crippen LogP contribution in [0.25, 0.3) is 6.08 Å². The first-order chi connectivity index (χ1) is 13.7. The van der Waals surface area contributed by atoms with Crippen molar-refractivity contribution in [3.63, 3.8) is 0 Å². The van der Waals surface area contributed by atoms with E-state index in [1.165, 1.54) is 0 Å². The number of carbonyl (C=O) groups is 1. The van der Waals surface area contributed by atoms with Gasteiger partial charge in [-0.25, -0.2) is 9.79 Å². The highest BCUT2D eigenvalue weighted by molar-refractivity contribution is 9.10. The van der Waals surface area contributed by atoms with Gasteiger partial charge >= 0.3 is 5.97 Å². The molecule has 0 unspecified atom stereocenters. The maximum atomic E-state index is 12.2. The summed E-state index contributed by atoms with van der Waals surface area (Å²) in [6, 6.07) is 24.9. The van der Waals surface area contributed by atoms with Gasteiger partial charge in [-0.2, -0.15) is 0 Å². The number of ether oxygens (including phenoxy) is 2. The Balaban J connectivity index is 1.52. The fraction of sp³-hybridized carbons (Fsp3) is 0.0435. The molecule has 0 saturated heterocycles. The molecule has 3 aromatic rings. The van der Waals surface area contributed by atoms with Gasteiger partial charge in [-0.05, 0) is 47.5 Å². The zero-order chi connectivity index (χ0) is 19.3. The molecule has 0 aliphatic carbocycles. The van der Waals surface area contributed by atoms with Crippen LogP contribution in [-0.4, -0.2) is 11.9 Å². The smallest absolute Gasteiger partial charge is 0.363 e. The van der Waals surface area contributed by atoms with E-state index >= 15 is 0 Å². The molecule has 138 valence electrons. The number of hydrogen-bond donors (Lipinski definition) is 0. The lowest BCUT2D eigenvalue weighted by Gasteiger charge is -2.07. The van der Waals surface area contributed by atoms with E-state index in [0.29, 0.717) is 12.5 Å². The van der Waals surface area contributed by atoms with Crippen LogP contribution in [0, 0.1) is 0 Å². The first-order valence-corrected chi connectivity index (χ1v) is 9.52. The molecule has 0 fully saturated rings. The van der Waals surface area contributed by atoms with E-state index in [1.807, 2.05) is 78.9 Å². The van der Waals surface area contributed by atoms with Crippen molar-refractivity contribution in [1.29, 1.82) is 0 Å². The first-order valence-electron chi connectivity index (χ1n) is 8.73. The van der Waals surface area contributed by atoms with Crippen LogP contribution in [0.1, 0.15) is 16.7 Å². The first kappa shape index (κ1) is 18.2. The minimum Gasteiger partial charge on any atom is -0.489 e. The molecule has 4 rings (SSSR count). The number of halogens is 1. The number of benzene rings is 3. The van der Waals surface area contributed by atoms with Gasteiger partial charge in [0.25, 0.3) is 0 Å². The molecule has 3 aromatic carbocycles. The molecule has 28 heavy (non-hydrogen) atoms. The summed E-state index contributed by atoms with van der Waals surface area (Å²) in [5.74, 6) is 0.556. The monoisotopic (exact) mass is 433 g/mol. The van der Waals surface area contributed by atoms with Crippen LogP contribution in [-0.2, 0) is 16.1 Å². The average Bonchev–Trinajstić information content (AvgIpc) is 3.08. The van der Waals surface area contributed by atoms with Crippen LogP contribution in [0.4, 0.5) is 0 Å². The number of nitrogens with zero attached hydrogens (tertiary/aromatic N) is 1. The van der Waals surface area contributed by atoms with E-state index < -0.39 is 5.97 Å². The van der Waals surface area contributed by atoms with Crippen molar-refractivity contribution in [2.24, 2.45) is 4.99 Å². The Morgan fingerprint density at radius 3 is 2.61 bits per heavy atom. The minimum absolute atomic E-state index is 0.259. The Morgan fingerprint density at radius 1 is 0.964 bits per heavy atom. The highest BCUT2D eigenvalue weighted by atomic mass is 79.9. The van der Waals surface area contributed by atoms with E-state index in [2.05, 4.69) is 20.9 Å². The molecular formula is C23H16BrNO3. The van der Waals surface area contributed by atoms with E-state index in [1.54, 1.807) is 6.08 Å². The SMILES string of the molecule is O=C1OC(c2cccc(Br)c2)=N/C1=C/c1cccc(OCc2ccccc2)c1. The molecule has 0 radical (unpaired) electrons. The van der Waals surface area contributed by atoms with Crippen molar-refractivity contribution in [3.8, 4) is 5.75 Å². The van der Waals surface area contributed by atoms with Crippen LogP contribution in [0.3, 0.4) is 0 Å². The van der Waals surface area contributed by atoms with Gasteiger partial charge in [-0.1, -0.05) is 64.5 Å². The third-order valence-electron chi connectivity index (χ3n) is 4.10. The van der Waals surface area contributed by atoms with Crippen molar-refractivity contribution < 1.29 is 14.3 Å². The predicted molar refractivity (Wildman–Crippen MR) is 112 cm³/mol. The summed E-state index contributed by atoms with van der Waals surface area (Å²) in [6.07, 6.45) is 1.70. The molecule has 0 N–H and O–H groups in total. The van der Waals surface area contributed by atoms with Gasteiger partial charge in [0, 0.05) is 10.0 Å². The Morgan fingerprint density at radius 2 is 1.79 bits per heavy atom. The van der Waals surface area contributed by atoms with Crippen molar-refractivity contribution in [3.05, 3.63) is 106 Å². The number of cyclic esters (lactones) is 1. The lowest BCUT2D eigenvalue weighted by molar-refractivity contribution is -0.129. The molecular weight excluding hydrogens is 418 g/mol. The van der Waals surface area contributed by atoms with Gasteiger partial charge in [0.1, 0.15) is 12.4 Å². The predicted octanol–water partition coefficient (Wildman–Crippen LogP) is 5.37. The van der Waals surface area contributed by atoms with E-state index in [9.17, 15) is 4.79 Å². The van der Waals surface area contributed by atoms with Gasteiger partial charge in [0.15, 0.2) is 5.70 Å². The Kier molecular flexibility index (Phi) is 5.35. The highest BCUT2D eigenvalue weighted by Gasteiger charge is 2.24. The Labute approximate surface area is 171 Å². The topological polar surface area (TPSA) is 47.9 Å². The van der Waals surface area contributed by atoms with E-state index in [4.69, 9.17) is 9.47 Å². The van der Waals surface area contributed by atoms with Gasteiger partial charge in [0.2, 0.25) is 5.90 Å². The van der Waals surface area contributed by atoms with Gasteiger partial charge < -0.3 is 9.47 Å². The average molecular weight is 434 g/mol. The van der Waals surface area contributed by atoms with Crippen LogP contribution >= 0.6 is 15.9 Å². The largest absolute Gasteiger partial charge is 0.489 e. The molecule has 0 atom stereocenters. The van der Waals surface area contributed by atoms with Crippen molar-refractivity contribution >= 4 is 33.9 Å². The molecule has 0 bridgehead atoms. The van der Waals surface area contributed by atoms with Crippen molar-refractivity contribution in [1.82, 2.24) is 0 Å². The molecule has 0 saturated carbocycles. The van der Waals surface area contributed by atoms with Crippen LogP contribution in [0.15, 0.2) is 94.0 Å². The molecule has 5 heteroatoms. The highest BCUT2D eigenvalue weighted by Crippen LogP contribution is 2.23. The Hall–Kier alpha value is -3.18. The number of aliphatic imine (C=N–C) groups is 1. The summed E-state index contributed by atoms with van der Waals surface area (Å²) < 4.78 is 12.0. The number of hydrogen-bond acceptors (Lipinski definition) is 4. The van der Waals surface area contributed by atoms with E-state index in [0.717, 1.165) is 26.9 Å². The standard InChI is InChI=1S/C23H16BrNO3/c24-19-10-5-9-18(14-19)22-25-21(23(26)28-22)13-17-8-4-11-20(12-17)27-15-16-6-2-1-3-7-16/h1-14H,15H2/b21-13+. The fourth-order valence-corrected chi connectivity index (χ4v) is 3.15. The maximum absolute atomic E-state index is 12.2. The van der Waals surface area contributed by atoms with Crippen LogP contribution in [0.2, 0.25) is 0 Å². The van der Waals surface area contributed by atoms with E-state index in [-0.39, 0.29) is 5.70 Å². The molecule has 0 spiro atoms. The fourth-order valence-electron chi connectivity index (χ4n) is 2.75. The molecule has 1 aliphatic rings. The molecule has 0 aromatic heterocycles. The summed E-state index contributed by atoms with van der Waals surface area (Å²) >= 11 is 3.41. The Bertz CT molecular complexity index is 1070. The normalized spacial score (nSPS) is 14.7.